The minimum absolute atomic E-state index is 0.0148. The maximum atomic E-state index is 12.0. The van der Waals surface area contributed by atoms with E-state index in [1.807, 2.05) is 27.7 Å². The molecule has 7 nitrogen and oxygen atoms in total. The Labute approximate surface area is 118 Å². The van der Waals surface area contributed by atoms with E-state index in [0.717, 1.165) is 0 Å². The third kappa shape index (κ3) is 3.79. The van der Waals surface area contributed by atoms with Crippen LogP contribution in [0.25, 0.3) is 0 Å². The molecule has 0 bridgehead atoms. The second-order valence-corrected chi connectivity index (χ2v) is 5.57. The van der Waals surface area contributed by atoms with E-state index < -0.39 is 12.0 Å². The molecule has 0 aliphatic carbocycles. The van der Waals surface area contributed by atoms with Crippen molar-refractivity contribution in [3.63, 3.8) is 0 Å². The van der Waals surface area contributed by atoms with Crippen LogP contribution in [0.4, 0.5) is 0 Å². The van der Waals surface area contributed by atoms with Gasteiger partial charge >= 0.3 is 5.97 Å². The summed E-state index contributed by atoms with van der Waals surface area (Å²) < 4.78 is 1.40. The summed E-state index contributed by atoms with van der Waals surface area (Å²) in [5, 5.41) is 19.5. The highest BCUT2D eigenvalue weighted by Crippen LogP contribution is 2.16. The van der Waals surface area contributed by atoms with Gasteiger partial charge in [-0.15, -0.1) is 5.10 Å². The molecule has 1 amide bonds. The zero-order valence-corrected chi connectivity index (χ0v) is 12.5. The Bertz CT molecular complexity index is 494. The van der Waals surface area contributed by atoms with Crippen molar-refractivity contribution in [2.24, 2.45) is 5.92 Å². The number of hydrogen-bond donors (Lipinski definition) is 2. The Hall–Kier alpha value is -1.92. The largest absolute Gasteiger partial charge is 0.476 e. The van der Waals surface area contributed by atoms with Crippen LogP contribution in [0.3, 0.4) is 0 Å². The molecule has 1 rings (SSSR count). The molecule has 1 aromatic heterocycles. The minimum atomic E-state index is -1.12. The monoisotopic (exact) mass is 282 g/mol. The maximum Gasteiger partial charge on any atom is 0.358 e. The van der Waals surface area contributed by atoms with Crippen LogP contribution in [0.2, 0.25) is 0 Å². The number of aromatic nitrogens is 3. The molecule has 112 valence electrons. The van der Waals surface area contributed by atoms with Crippen LogP contribution in [0.15, 0.2) is 0 Å². The van der Waals surface area contributed by atoms with Crippen molar-refractivity contribution in [3.8, 4) is 0 Å². The van der Waals surface area contributed by atoms with E-state index >= 15 is 0 Å². The number of nitrogens with zero attached hydrogens (tertiary/aromatic N) is 3. The van der Waals surface area contributed by atoms with E-state index in [-0.39, 0.29) is 23.6 Å². The summed E-state index contributed by atoms with van der Waals surface area (Å²) in [6.45, 7) is 9.36. The molecule has 1 atom stereocenters. The lowest BCUT2D eigenvalue weighted by atomic mass is 10.1. The minimum Gasteiger partial charge on any atom is -0.476 e. The molecule has 0 fully saturated rings. The molecule has 7 heteroatoms. The molecular formula is C13H22N4O3. The fourth-order valence-corrected chi connectivity index (χ4v) is 1.88. The lowest BCUT2D eigenvalue weighted by Gasteiger charge is -2.17. The summed E-state index contributed by atoms with van der Waals surface area (Å²) >= 11 is 0. The highest BCUT2D eigenvalue weighted by atomic mass is 16.4. The van der Waals surface area contributed by atoms with Gasteiger partial charge in [0.05, 0.1) is 5.69 Å². The summed E-state index contributed by atoms with van der Waals surface area (Å²) in [5.74, 6) is -1.08. The molecule has 1 aromatic rings. The van der Waals surface area contributed by atoms with E-state index in [2.05, 4.69) is 15.6 Å². The van der Waals surface area contributed by atoms with Crippen LogP contribution in [-0.2, 0) is 11.2 Å². The van der Waals surface area contributed by atoms with Crippen LogP contribution >= 0.6 is 0 Å². The predicted molar refractivity (Wildman–Crippen MR) is 73.5 cm³/mol. The van der Waals surface area contributed by atoms with Gasteiger partial charge in [-0.05, 0) is 33.1 Å². The zero-order valence-electron chi connectivity index (χ0n) is 12.5. The number of carbonyl (C=O) groups excluding carboxylic acids is 1. The first-order chi connectivity index (χ1) is 9.23. The molecule has 0 spiro atoms. The number of nitrogens with one attached hydrogen (secondary N) is 1. The van der Waals surface area contributed by atoms with Gasteiger partial charge in [-0.2, -0.15) is 0 Å². The molecule has 1 heterocycles. The van der Waals surface area contributed by atoms with Gasteiger partial charge in [-0.3, -0.25) is 4.79 Å². The lowest BCUT2D eigenvalue weighted by molar-refractivity contribution is -0.124. The third-order valence-corrected chi connectivity index (χ3v) is 2.77. The Kier molecular flexibility index (Phi) is 5.24. The highest BCUT2D eigenvalue weighted by molar-refractivity contribution is 5.87. The highest BCUT2D eigenvalue weighted by Gasteiger charge is 2.25. The van der Waals surface area contributed by atoms with Crippen LogP contribution in [0.1, 0.15) is 56.8 Å². The van der Waals surface area contributed by atoms with Crippen molar-refractivity contribution in [1.29, 1.82) is 0 Å². The number of aromatic carboxylic acids is 1. The number of carbonyl (C=O) groups is 2. The summed E-state index contributed by atoms with van der Waals surface area (Å²) in [4.78, 5) is 23.2. The van der Waals surface area contributed by atoms with Crippen LogP contribution < -0.4 is 5.32 Å². The van der Waals surface area contributed by atoms with E-state index in [1.165, 1.54) is 4.68 Å². The van der Waals surface area contributed by atoms with Crippen molar-refractivity contribution in [3.05, 3.63) is 11.4 Å². The normalized spacial score (nSPS) is 12.8. The first-order valence-corrected chi connectivity index (χ1v) is 6.71. The Balaban J connectivity index is 3.10. The average molecular weight is 282 g/mol. The van der Waals surface area contributed by atoms with Crippen molar-refractivity contribution in [1.82, 2.24) is 20.3 Å². The van der Waals surface area contributed by atoms with E-state index in [1.54, 1.807) is 6.92 Å². The van der Waals surface area contributed by atoms with Crippen molar-refractivity contribution in [2.75, 3.05) is 0 Å². The van der Waals surface area contributed by atoms with Crippen LogP contribution in [0, 0.1) is 5.92 Å². The van der Waals surface area contributed by atoms with Gasteiger partial charge in [0.1, 0.15) is 6.04 Å². The first-order valence-electron chi connectivity index (χ1n) is 6.71. The average Bonchev–Trinajstić information content (AvgIpc) is 2.69. The number of carboxylic acids is 1. The number of carboxylic acid groups (broad SMARTS) is 1. The second kappa shape index (κ2) is 6.49. The Morgan fingerprint density at radius 2 is 1.85 bits per heavy atom. The smallest absolute Gasteiger partial charge is 0.358 e. The summed E-state index contributed by atoms with van der Waals surface area (Å²) in [7, 11) is 0. The van der Waals surface area contributed by atoms with Gasteiger partial charge < -0.3 is 10.4 Å². The number of rotatable bonds is 6. The van der Waals surface area contributed by atoms with Gasteiger partial charge in [-0.25, -0.2) is 9.48 Å². The standard InChI is InChI=1S/C13H22N4O3/c1-7(2)6-10-11(13(19)20)15-16-17(10)9(5)12(18)14-8(3)4/h7-9H,6H2,1-5H3,(H,14,18)(H,19,20). The fraction of sp³-hybridized carbons (Fsp3) is 0.692. The molecule has 0 radical (unpaired) electrons. The summed E-state index contributed by atoms with van der Waals surface area (Å²) in [6.07, 6.45) is 0.508. The molecular weight excluding hydrogens is 260 g/mol. The molecule has 0 aliphatic heterocycles. The van der Waals surface area contributed by atoms with E-state index in [4.69, 9.17) is 5.11 Å². The SMILES string of the molecule is CC(C)Cc1c(C(=O)O)nnn1C(C)C(=O)NC(C)C. The fourth-order valence-electron chi connectivity index (χ4n) is 1.88. The Morgan fingerprint density at radius 3 is 2.30 bits per heavy atom. The number of hydrogen-bond acceptors (Lipinski definition) is 4. The predicted octanol–water partition coefficient (Wildman–Crippen LogP) is 1.26. The Morgan fingerprint density at radius 1 is 1.25 bits per heavy atom. The van der Waals surface area contributed by atoms with Gasteiger partial charge in [0.2, 0.25) is 5.91 Å². The van der Waals surface area contributed by atoms with Crippen molar-refractivity contribution < 1.29 is 14.7 Å². The van der Waals surface area contributed by atoms with Crippen molar-refractivity contribution in [2.45, 2.75) is 53.1 Å². The van der Waals surface area contributed by atoms with E-state index in [9.17, 15) is 9.59 Å². The molecule has 0 aliphatic rings. The third-order valence-electron chi connectivity index (χ3n) is 2.77. The topological polar surface area (TPSA) is 97.1 Å². The summed E-state index contributed by atoms with van der Waals surface area (Å²) in [6, 6.07) is -0.576. The quantitative estimate of drug-likeness (QED) is 0.818. The summed E-state index contributed by atoms with van der Waals surface area (Å²) in [5.41, 5.74) is 0.404. The lowest BCUT2D eigenvalue weighted by Crippen LogP contribution is -2.36. The van der Waals surface area contributed by atoms with Gasteiger partial charge in [0.15, 0.2) is 5.69 Å². The molecule has 2 N–H and O–H groups in total. The van der Waals surface area contributed by atoms with Crippen molar-refractivity contribution >= 4 is 11.9 Å². The van der Waals surface area contributed by atoms with Crippen LogP contribution in [-0.4, -0.2) is 38.0 Å². The van der Waals surface area contributed by atoms with Gasteiger partial charge in [0.25, 0.3) is 0 Å². The van der Waals surface area contributed by atoms with E-state index in [0.29, 0.717) is 12.1 Å². The van der Waals surface area contributed by atoms with Crippen LogP contribution in [0.5, 0.6) is 0 Å². The number of amides is 1. The molecule has 0 saturated heterocycles. The molecule has 0 aromatic carbocycles. The molecule has 0 saturated carbocycles. The first kappa shape index (κ1) is 16.1. The maximum absolute atomic E-state index is 12.0. The second-order valence-electron chi connectivity index (χ2n) is 5.57. The van der Waals surface area contributed by atoms with Gasteiger partial charge in [-0.1, -0.05) is 19.1 Å². The van der Waals surface area contributed by atoms with Gasteiger partial charge in [0, 0.05) is 6.04 Å². The molecule has 20 heavy (non-hydrogen) atoms. The molecule has 1 unspecified atom stereocenters. The zero-order chi connectivity index (χ0) is 15.4.